The van der Waals surface area contributed by atoms with Gasteiger partial charge in [-0.25, -0.2) is 0 Å². The molecule has 0 aromatic rings. The van der Waals surface area contributed by atoms with E-state index in [4.69, 9.17) is 22.3 Å². The first-order chi connectivity index (χ1) is 3.13. The predicted molar refractivity (Wildman–Crippen MR) is 41.5 cm³/mol. The van der Waals surface area contributed by atoms with Gasteiger partial charge >= 0.3 is 0 Å². The summed E-state index contributed by atoms with van der Waals surface area (Å²) in [6.45, 7) is 0. The minimum Gasteiger partial charge on any atom is -0.370 e. The van der Waals surface area contributed by atoms with Gasteiger partial charge in [0.25, 0.3) is 0 Å². The van der Waals surface area contributed by atoms with Gasteiger partial charge in [0.2, 0.25) is 0 Å². The Hall–Kier alpha value is -0.680. The minimum atomic E-state index is -0.312. The highest BCUT2D eigenvalue weighted by Crippen LogP contribution is 1.44. The van der Waals surface area contributed by atoms with Gasteiger partial charge in [0.15, 0.2) is 11.9 Å². The Bertz CT molecular complexity index is 89.1. The molecular weight excluding hydrogens is 165 g/mol. The number of rotatable bonds is 0. The van der Waals surface area contributed by atoms with Gasteiger partial charge in [0, 0.05) is 0 Å². The van der Waals surface area contributed by atoms with Gasteiger partial charge in [0.1, 0.15) is 0 Å². The van der Waals surface area contributed by atoms with Crippen LogP contribution in [0.4, 0.5) is 0 Å². The zero-order valence-corrected chi connectivity index (χ0v) is 6.10. The Labute approximate surface area is 65.0 Å². The molecule has 0 fully saturated rings. The molecule has 0 aliphatic heterocycles. The molecule has 0 aliphatic rings. The first-order valence-corrected chi connectivity index (χ1v) is 1.58. The maximum atomic E-state index is 6.47. The first-order valence-electron chi connectivity index (χ1n) is 1.58. The number of nitrogens with two attached hydrogens (primary N) is 2. The molecule has 0 heterocycles. The van der Waals surface area contributed by atoms with E-state index in [-0.39, 0.29) is 36.7 Å². The van der Waals surface area contributed by atoms with Crippen molar-refractivity contribution in [3.63, 3.8) is 0 Å². The molecule has 9 heavy (non-hydrogen) atoms. The van der Waals surface area contributed by atoms with E-state index in [0.717, 1.165) is 0 Å². The van der Waals surface area contributed by atoms with Gasteiger partial charge in [-0.3, -0.25) is 16.1 Å². The van der Waals surface area contributed by atoms with Crippen LogP contribution < -0.4 is 16.8 Å². The normalized spacial score (nSPS) is 5.78. The van der Waals surface area contributed by atoms with Crippen LogP contribution in [0.15, 0.2) is 0 Å². The molecule has 0 rings (SSSR count). The van der Waals surface area contributed by atoms with E-state index in [9.17, 15) is 0 Å². The summed E-state index contributed by atoms with van der Waals surface area (Å²) in [5.74, 6) is -0.625. The summed E-state index contributed by atoms with van der Waals surface area (Å²) in [6.07, 6.45) is 0. The predicted octanol–water partition coefficient (Wildman–Crippen LogP) is -0.793. The standard InChI is InChI=1S/C2H7N5.2ClH/c3-1(4)7-2(5)6;;/h(H7,3,4,5,6,7);2*1H. The maximum absolute atomic E-state index is 6.47. The molecule has 0 aromatic carbocycles. The third-order valence-corrected chi connectivity index (χ3v) is 0.269. The number of guanidine groups is 2. The highest BCUT2D eigenvalue weighted by molar-refractivity contribution is 5.93. The number of nitrogens with one attached hydrogen (secondary N) is 3. The second-order valence-electron chi connectivity index (χ2n) is 0.952. The molecule has 0 aliphatic carbocycles. The molecule has 0 saturated heterocycles. The zero-order chi connectivity index (χ0) is 5.86. The highest BCUT2D eigenvalue weighted by Gasteiger charge is 1.83. The first kappa shape index (κ1) is 15.8. The SMILES string of the molecule is Cl.Cl.N=C(N)NC(=N)N. The van der Waals surface area contributed by atoms with E-state index in [0.29, 0.717) is 0 Å². The van der Waals surface area contributed by atoms with Crippen molar-refractivity contribution in [2.45, 2.75) is 0 Å². The molecule has 0 saturated carbocycles. The van der Waals surface area contributed by atoms with Gasteiger partial charge in [0.05, 0.1) is 0 Å². The molecule has 0 amide bonds. The molecule has 0 radical (unpaired) electrons. The van der Waals surface area contributed by atoms with Crippen LogP contribution in [0.25, 0.3) is 0 Å². The fourth-order valence-electron chi connectivity index (χ4n) is 0.145. The fourth-order valence-corrected chi connectivity index (χ4v) is 0.145. The van der Waals surface area contributed by atoms with Crippen molar-refractivity contribution in [2.24, 2.45) is 11.5 Å². The number of halogens is 2. The second kappa shape index (κ2) is 7.32. The Balaban J connectivity index is -0.000000180. The lowest BCUT2D eigenvalue weighted by molar-refractivity contribution is 1.19. The van der Waals surface area contributed by atoms with E-state index in [1.165, 1.54) is 0 Å². The summed E-state index contributed by atoms with van der Waals surface area (Å²) in [4.78, 5) is 0. The Kier molecular flexibility index (Phi) is 12.8. The Morgan fingerprint density at radius 2 is 1.22 bits per heavy atom. The monoisotopic (exact) mass is 173 g/mol. The van der Waals surface area contributed by atoms with Crippen molar-refractivity contribution in [3.05, 3.63) is 0 Å². The van der Waals surface area contributed by atoms with Crippen LogP contribution in [-0.4, -0.2) is 11.9 Å². The summed E-state index contributed by atoms with van der Waals surface area (Å²) >= 11 is 0. The average Bonchev–Trinajstić information content (AvgIpc) is 1.27. The summed E-state index contributed by atoms with van der Waals surface area (Å²) in [5.41, 5.74) is 9.49. The van der Waals surface area contributed by atoms with Crippen LogP contribution in [-0.2, 0) is 0 Å². The smallest absolute Gasteiger partial charge is 0.192 e. The molecule has 56 valence electrons. The highest BCUT2D eigenvalue weighted by atomic mass is 35.5. The maximum Gasteiger partial charge on any atom is 0.192 e. The fraction of sp³-hybridized carbons (Fsp3) is 0. The molecule has 0 unspecified atom stereocenters. The lowest BCUT2D eigenvalue weighted by Gasteiger charge is -1.95. The second-order valence-corrected chi connectivity index (χ2v) is 0.952. The van der Waals surface area contributed by atoms with Crippen molar-refractivity contribution in [1.82, 2.24) is 5.32 Å². The van der Waals surface area contributed by atoms with Crippen LogP contribution in [0, 0.1) is 10.8 Å². The van der Waals surface area contributed by atoms with E-state index in [1.54, 1.807) is 0 Å². The largest absolute Gasteiger partial charge is 0.370 e. The van der Waals surface area contributed by atoms with Crippen LogP contribution in [0.1, 0.15) is 0 Å². The van der Waals surface area contributed by atoms with Gasteiger partial charge in [-0.2, -0.15) is 0 Å². The van der Waals surface area contributed by atoms with Crippen LogP contribution in [0.2, 0.25) is 0 Å². The van der Waals surface area contributed by atoms with Crippen LogP contribution >= 0.6 is 24.8 Å². The van der Waals surface area contributed by atoms with Crippen molar-refractivity contribution in [1.29, 1.82) is 10.8 Å². The van der Waals surface area contributed by atoms with E-state index < -0.39 is 0 Å². The molecule has 0 spiro atoms. The molecule has 5 nitrogen and oxygen atoms in total. The molecular formula is C2H9Cl2N5. The topological polar surface area (TPSA) is 112 Å². The van der Waals surface area contributed by atoms with Crippen LogP contribution in [0.3, 0.4) is 0 Å². The third kappa shape index (κ3) is 18.8. The van der Waals surface area contributed by atoms with Crippen LogP contribution in [0.5, 0.6) is 0 Å². The molecule has 0 aromatic heterocycles. The molecule has 0 atom stereocenters. The van der Waals surface area contributed by atoms with Crippen molar-refractivity contribution < 1.29 is 0 Å². The summed E-state index contributed by atoms with van der Waals surface area (Å²) in [5, 5.41) is 15.0. The number of hydrogen-bond donors (Lipinski definition) is 5. The Morgan fingerprint density at radius 3 is 1.22 bits per heavy atom. The minimum absolute atomic E-state index is 0. The summed E-state index contributed by atoms with van der Waals surface area (Å²) in [7, 11) is 0. The van der Waals surface area contributed by atoms with Gasteiger partial charge in [-0.05, 0) is 0 Å². The van der Waals surface area contributed by atoms with E-state index in [2.05, 4.69) is 0 Å². The van der Waals surface area contributed by atoms with Crippen molar-refractivity contribution in [3.8, 4) is 0 Å². The van der Waals surface area contributed by atoms with Crippen molar-refractivity contribution >= 4 is 36.7 Å². The zero-order valence-electron chi connectivity index (χ0n) is 4.47. The molecule has 7 heteroatoms. The Morgan fingerprint density at radius 1 is 1.00 bits per heavy atom. The van der Waals surface area contributed by atoms with Gasteiger partial charge in [-0.15, -0.1) is 24.8 Å². The van der Waals surface area contributed by atoms with Gasteiger partial charge in [-0.1, -0.05) is 0 Å². The van der Waals surface area contributed by atoms with Crippen molar-refractivity contribution in [2.75, 3.05) is 0 Å². The lowest BCUT2D eigenvalue weighted by atomic mass is 10.9. The van der Waals surface area contributed by atoms with E-state index >= 15 is 0 Å². The third-order valence-electron chi connectivity index (χ3n) is 0.269. The quantitative estimate of drug-likeness (QED) is 0.245. The van der Waals surface area contributed by atoms with E-state index in [1.807, 2.05) is 5.32 Å². The summed E-state index contributed by atoms with van der Waals surface area (Å²) in [6, 6.07) is 0. The molecule has 7 N–H and O–H groups in total. The number of hydrogen-bond acceptors (Lipinski definition) is 2. The lowest BCUT2D eigenvalue weighted by Crippen LogP contribution is -2.39. The summed E-state index contributed by atoms with van der Waals surface area (Å²) < 4.78 is 0. The molecule has 0 bridgehead atoms. The van der Waals surface area contributed by atoms with Gasteiger partial charge < -0.3 is 11.5 Å². The average molecular weight is 174 g/mol.